The van der Waals surface area contributed by atoms with Gasteiger partial charge in [0.25, 0.3) is 0 Å². The third-order valence-corrected chi connectivity index (χ3v) is 4.70. The molecule has 0 aromatic heterocycles. The van der Waals surface area contributed by atoms with E-state index in [0.29, 0.717) is 0 Å². The zero-order valence-corrected chi connectivity index (χ0v) is 15.5. The van der Waals surface area contributed by atoms with Gasteiger partial charge in [0.1, 0.15) is 11.5 Å². The van der Waals surface area contributed by atoms with Crippen LogP contribution in [0.15, 0.2) is 42.5 Å². The molecule has 0 saturated heterocycles. The topological polar surface area (TPSA) is 40.5 Å². The second kappa shape index (κ2) is 10.8. The Morgan fingerprint density at radius 1 is 0.600 bits per heavy atom. The molecule has 0 bridgehead atoms. The number of hydrogen-bond acceptors (Lipinski definition) is 2. The van der Waals surface area contributed by atoms with Crippen LogP contribution in [0.25, 0.3) is 0 Å². The van der Waals surface area contributed by atoms with Crippen LogP contribution in [0.1, 0.15) is 68.6 Å². The van der Waals surface area contributed by atoms with Crippen molar-refractivity contribution in [2.75, 3.05) is 0 Å². The summed E-state index contributed by atoms with van der Waals surface area (Å²) in [7, 11) is 0. The maximum atomic E-state index is 9.50. The molecule has 2 aromatic rings. The molecule has 0 aliphatic carbocycles. The second-order valence-corrected chi connectivity index (χ2v) is 7.05. The van der Waals surface area contributed by atoms with E-state index in [-0.39, 0.29) is 11.5 Å². The van der Waals surface area contributed by atoms with E-state index in [1.807, 2.05) is 0 Å². The predicted octanol–water partition coefficient (Wildman–Crippen LogP) is 6.18. The van der Waals surface area contributed by atoms with Crippen LogP contribution in [0.4, 0.5) is 0 Å². The SMILES string of the molecule is CCCCCCc1cccc(CCCCCc2cc(O)cc(O)c2)c1. The van der Waals surface area contributed by atoms with E-state index in [1.54, 1.807) is 12.1 Å². The van der Waals surface area contributed by atoms with E-state index < -0.39 is 0 Å². The Morgan fingerprint density at radius 3 is 1.68 bits per heavy atom. The monoisotopic (exact) mass is 340 g/mol. The molecule has 2 aromatic carbocycles. The van der Waals surface area contributed by atoms with Gasteiger partial charge in [0.2, 0.25) is 0 Å². The highest BCUT2D eigenvalue weighted by molar-refractivity contribution is 5.36. The highest BCUT2D eigenvalue weighted by atomic mass is 16.3. The fourth-order valence-corrected chi connectivity index (χ4v) is 3.33. The quantitative estimate of drug-likeness (QED) is 0.480. The van der Waals surface area contributed by atoms with Crippen LogP contribution in [0.3, 0.4) is 0 Å². The predicted molar refractivity (Wildman–Crippen MR) is 105 cm³/mol. The molecule has 0 aliphatic heterocycles. The van der Waals surface area contributed by atoms with E-state index in [1.165, 1.54) is 55.7 Å². The third-order valence-electron chi connectivity index (χ3n) is 4.70. The first-order valence-electron chi connectivity index (χ1n) is 9.77. The van der Waals surface area contributed by atoms with E-state index in [0.717, 1.165) is 31.2 Å². The van der Waals surface area contributed by atoms with Gasteiger partial charge in [-0.15, -0.1) is 0 Å². The van der Waals surface area contributed by atoms with Gasteiger partial charge >= 0.3 is 0 Å². The van der Waals surface area contributed by atoms with Crippen LogP contribution in [0.2, 0.25) is 0 Å². The molecule has 0 aliphatic rings. The molecule has 136 valence electrons. The molecule has 0 atom stereocenters. The molecule has 2 N–H and O–H groups in total. The number of rotatable bonds is 11. The lowest BCUT2D eigenvalue weighted by molar-refractivity contribution is 0.449. The van der Waals surface area contributed by atoms with Gasteiger partial charge in [-0.2, -0.15) is 0 Å². The van der Waals surface area contributed by atoms with Crippen molar-refractivity contribution in [1.82, 2.24) is 0 Å². The Morgan fingerprint density at radius 2 is 1.12 bits per heavy atom. The Bertz CT molecular complexity index is 613. The van der Waals surface area contributed by atoms with Crippen molar-refractivity contribution in [2.45, 2.75) is 71.1 Å². The van der Waals surface area contributed by atoms with Gasteiger partial charge in [-0.05, 0) is 67.3 Å². The third kappa shape index (κ3) is 7.64. The van der Waals surface area contributed by atoms with Crippen molar-refractivity contribution >= 4 is 0 Å². The summed E-state index contributed by atoms with van der Waals surface area (Å²) in [5.74, 6) is 0.288. The smallest absolute Gasteiger partial charge is 0.119 e. The minimum atomic E-state index is 0.144. The van der Waals surface area contributed by atoms with E-state index in [2.05, 4.69) is 31.2 Å². The zero-order chi connectivity index (χ0) is 17.9. The largest absolute Gasteiger partial charge is 0.508 e. The van der Waals surface area contributed by atoms with Crippen molar-refractivity contribution in [3.8, 4) is 11.5 Å². The lowest BCUT2D eigenvalue weighted by Crippen LogP contribution is -1.92. The molecule has 2 rings (SSSR count). The number of benzene rings is 2. The maximum Gasteiger partial charge on any atom is 0.119 e. The van der Waals surface area contributed by atoms with Crippen LogP contribution < -0.4 is 0 Å². The van der Waals surface area contributed by atoms with Crippen LogP contribution in [0, 0.1) is 0 Å². The number of aryl methyl sites for hydroxylation is 3. The second-order valence-electron chi connectivity index (χ2n) is 7.05. The van der Waals surface area contributed by atoms with Crippen LogP contribution >= 0.6 is 0 Å². The fourth-order valence-electron chi connectivity index (χ4n) is 3.33. The molecule has 2 nitrogen and oxygen atoms in total. The first kappa shape index (κ1) is 19.4. The highest BCUT2D eigenvalue weighted by Crippen LogP contribution is 2.22. The van der Waals surface area contributed by atoms with Crippen LogP contribution in [0.5, 0.6) is 11.5 Å². The summed E-state index contributed by atoms with van der Waals surface area (Å²) in [6.45, 7) is 2.25. The molecule has 25 heavy (non-hydrogen) atoms. The van der Waals surface area contributed by atoms with E-state index >= 15 is 0 Å². The summed E-state index contributed by atoms with van der Waals surface area (Å²) in [6, 6.07) is 13.9. The van der Waals surface area contributed by atoms with Crippen LogP contribution in [-0.2, 0) is 19.3 Å². The number of phenolic OH excluding ortho intramolecular Hbond substituents is 2. The lowest BCUT2D eigenvalue weighted by Gasteiger charge is -2.06. The van der Waals surface area contributed by atoms with Gasteiger partial charge in [0.15, 0.2) is 0 Å². The van der Waals surface area contributed by atoms with Crippen molar-refractivity contribution in [2.24, 2.45) is 0 Å². The van der Waals surface area contributed by atoms with Gasteiger partial charge < -0.3 is 10.2 Å². The Labute approximate surface area is 152 Å². The minimum Gasteiger partial charge on any atom is -0.508 e. The molecule has 0 heterocycles. The summed E-state index contributed by atoms with van der Waals surface area (Å²) in [6.07, 6.45) is 11.9. The highest BCUT2D eigenvalue weighted by Gasteiger charge is 2.01. The maximum absolute atomic E-state index is 9.50. The van der Waals surface area contributed by atoms with Crippen molar-refractivity contribution in [1.29, 1.82) is 0 Å². The first-order valence-corrected chi connectivity index (χ1v) is 9.77. The minimum absolute atomic E-state index is 0.144. The van der Waals surface area contributed by atoms with Gasteiger partial charge in [-0.25, -0.2) is 0 Å². The first-order chi connectivity index (χ1) is 12.2. The van der Waals surface area contributed by atoms with Gasteiger partial charge in [0, 0.05) is 6.07 Å². The Balaban J connectivity index is 1.67. The number of aromatic hydroxyl groups is 2. The normalized spacial score (nSPS) is 10.9. The lowest BCUT2D eigenvalue weighted by atomic mass is 10.00. The van der Waals surface area contributed by atoms with Gasteiger partial charge in [0.05, 0.1) is 0 Å². The number of hydrogen-bond donors (Lipinski definition) is 2. The average molecular weight is 341 g/mol. The van der Waals surface area contributed by atoms with Crippen molar-refractivity contribution in [3.05, 3.63) is 59.2 Å². The summed E-state index contributed by atoms with van der Waals surface area (Å²) < 4.78 is 0. The molecule has 0 fully saturated rings. The molecule has 0 amide bonds. The molecular weight excluding hydrogens is 308 g/mol. The standard InChI is InChI=1S/C23H32O2/c1-2-3-4-6-10-19-13-9-14-20(15-19)11-7-5-8-12-21-16-22(24)18-23(25)17-21/h9,13-18,24-25H,2-8,10-12H2,1H3. The summed E-state index contributed by atoms with van der Waals surface area (Å²) in [5, 5.41) is 19.0. The average Bonchev–Trinajstić information content (AvgIpc) is 2.58. The summed E-state index contributed by atoms with van der Waals surface area (Å²) >= 11 is 0. The molecule has 0 spiro atoms. The Kier molecular flexibility index (Phi) is 8.38. The molecule has 0 saturated carbocycles. The molecule has 2 heteroatoms. The summed E-state index contributed by atoms with van der Waals surface area (Å²) in [5.41, 5.74) is 3.93. The van der Waals surface area contributed by atoms with Gasteiger partial charge in [-0.3, -0.25) is 0 Å². The van der Waals surface area contributed by atoms with E-state index in [9.17, 15) is 10.2 Å². The molecule has 0 radical (unpaired) electrons. The molecular formula is C23H32O2. The molecule has 0 unspecified atom stereocenters. The van der Waals surface area contributed by atoms with Crippen LogP contribution in [-0.4, -0.2) is 10.2 Å². The van der Waals surface area contributed by atoms with Crippen molar-refractivity contribution in [3.63, 3.8) is 0 Å². The fraction of sp³-hybridized carbons (Fsp3) is 0.478. The number of unbranched alkanes of at least 4 members (excludes halogenated alkanes) is 5. The zero-order valence-electron chi connectivity index (χ0n) is 15.5. The number of phenols is 2. The van der Waals surface area contributed by atoms with Gasteiger partial charge in [-0.1, -0.05) is 56.9 Å². The summed E-state index contributed by atoms with van der Waals surface area (Å²) in [4.78, 5) is 0. The Hall–Kier alpha value is -1.96. The van der Waals surface area contributed by atoms with E-state index in [4.69, 9.17) is 0 Å². The van der Waals surface area contributed by atoms with Crippen molar-refractivity contribution < 1.29 is 10.2 Å².